The lowest BCUT2D eigenvalue weighted by molar-refractivity contribution is 0.0907. The smallest absolute Gasteiger partial charge is 0.252 e. The number of nitrogens with one attached hydrogen (secondary N) is 1. The number of hydrogen-bond donors (Lipinski definition) is 2. The van der Waals surface area contributed by atoms with Crippen LogP contribution >= 0.6 is 11.6 Å². The Labute approximate surface area is 113 Å². The second-order valence-electron chi connectivity index (χ2n) is 3.85. The molecule has 0 aliphatic rings. The molecule has 1 atom stereocenters. The van der Waals surface area contributed by atoms with Gasteiger partial charge in [0.1, 0.15) is 17.6 Å². The molecule has 0 saturated carbocycles. The Hall–Kier alpha value is -1.85. The van der Waals surface area contributed by atoms with Gasteiger partial charge in [-0.05, 0) is 30.3 Å². The van der Waals surface area contributed by atoms with Crippen LogP contribution in [0.3, 0.4) is 0 Å². The molecule has 1 aromatic heterocycles. The third-order valence-corrected chi connectivity index (χ3v) is 2.85. The van der Waals surface area contributed by atoms with E-state index < -0.39 is 17.8 Å². The Bertz CT molecular complexity index is 571. The van der Waals surface area contributed by atoms with Gasteiger partial charge < -0.3 is 14.8 Å². The monoisotopic (exact) mass is 283 g/mol. The van der Waals surface area contributed by atoms with Gasteiger partial charge >= 0.3 is 0 Å². The SMILES string of the molecule is O=C(NC(CO)c1ccco1)c1ccc(F)c(Cl)c1. The van der Waals surface area contributed by atoms with Gasteiger partial charge in [0.25, 0.3) is 5.91 Å². The minimum atomic E-state index is -0.661. The zero-order chi connectivity index (χ0) is 13.8. The maximum absolute atomic E-state index is 13.0. The van der Waals surface area contributed by atoms with Gasteiger partial charge in [0.15, 0.2) is 0 Å². The van der Waals surface area contributed by atoms with E-state index in [9.17, 15) is 14.3 Å². The molecule has 0 fully saturated rings. The minimum absolute atomic E-state index is 0.133. The summed E-state index contributed by atoms with van der Waals surface area (Å²) in [6.07, 6.45) is 1.44. The Morgan fingerprint density at radius 2 is 2.26 bits per heavy atom. The van der Waals surface area contributed by atoms with E-state index in [-0.39, 0.29) is 17.2 Å². The summed E-state index contributed by atoms with van der Waals surface area (Å²) in [5.41, 5.74) is 0.205. The zero-order valence-corrected chi connectivity index (χ0v) is 10.5. The van der Waals surface area contributed by atoms with Crippen LogP contribution in [0.2, 0.25) is 5.02 Å². The molecule has 100 valence electrons. The van der Waals surface area contributed by atoms with Crippen LogP contribution in [0.4, 0.5) is 4.39 Å². The number of carbonyl (C=O) groups is 1. The average Bonchev–Trinajstić information content (AvgIpc) is 2.92. The third-order valence-electron chi connectivity index (χ3n) is 2.56. The fourth-order valence-corrected chi connectivity index (χ4v) is 1.76. The van der Waals surface area contributed by atoms with Gasteiger partial charge in [0, 0.05) is 5.56 Å². The number of furan rings is 1. The van der Waals surface area contributed by atoms with Crippen LogP contribution in [0, 0.1) is 5.82 Å². The highest BCUT2D eigenvalue weighted by Crippen LogP contribution is 2.18. The molecule has 2 aromatic rings. The molecule has 1 aromatic carbocycles. The maximum atomic E-state index is 13.0. The van der Waals surface area contributed by atoms with Crippen molar-refractivity contribution in [3.8, 4) is 0 Å². The van der Waals surface area contributed by atoms with Gasteiger partial charge in [-0.25, -0.2) is 4.39 Å². The van der Waals surface area contributed by atoms with Crippen molar-refractivity contribution in [3.63, 3.8) is 0 Å². The van der Waals surface area contributed by atoms with Gasteiger partial charge in [-0.15, -0.1) is 0 Å². The van der Waals surface area contributed by atoms with E-state index in [0.29, 0.717) is 5.76 Å². The Morgan fingerprint density at radius 3 is 2.84 bits per heavy atom. The van der Waals surface area contributed by atoms with Crippen molar-refractivity contribution in [2.75, 3.05) is 6.61 Å². The summed E-state index contributed by atoms with van der Waals surface area (Å²) in [5, 5.41) is 11.7. The number of rotatable bonds is 4. The quantitative estimate of drug-likeness (QED) is 0.906. The molecule has 2 rings (SSSR count). The van der Waals surface area contributed by atoms with Crippen LogP contribution in [0.15, 0.2) is 41.0 Å². The first-order valence-corrected chi connectivity index (χ1v) is 5.90. The molecule has 19 heavy (non-hydrogen) atoms. The van der Waals surface area contributed by atoms with E-state index in [1.165, 1.54) is 18.4 Å². The van der Waals surface area contributed by atoms with Crippen molar-refractivity contribution in [2.45, 2.75) is 6.04 Å². The van der Waals surface area contributed by atoms with Gasteiger partial charge in [-0.2, -0.15) is 0 Å². The molecule has 0 spiro atoms. The Balaban J connectivity index is 2.13. The van der Waals surface area contributed by atoms with Crippen LogP contribution in [-0.4, -0.2) is 17.6 Å². The molecule has 1 heterocycles. The third kappa shape index (κ3) is 3.13. The lowest BCUT2D eigenvalue weighted by Gasteiger charge is -2.14. The fourth-order valence-electron chi connectivity index (χ4n) is 1.58. The molecule has 0 radical (unpaired) electrons. The fraction of sp³-hybridized carbons (Fsp3) is 0.154. The first-order valence-electron chi connectivity index (χ1n) is 5.52. The predicted octanol–water partition coefficient (Wildman–Crippen LogP) is 2.54. The number of benzene rings is 1. The van der Waals surface area contributed by atoms with E-state index in [0.717, 1.165) is 6.07 Å². The van der Waals surface area contributed by atoms with Crippen molar-refractivity contribution in [2.24, 2.45) is 0 Å². The zero-order valence-electron chi connectivity index (χ0n) is 9.77. The normalized spacial score (nSPS) is 12.2. The van der Waals surface area contributed by atoms with Crippen molar-refractivity contribution < 1.29 is 18.7 Å². The summed E-state index contributed by atoms with van der Waals surface area (Å²) in [4.78, 5) is 11.9. The van der Waals surface area contributed by atoms with E-state index >= 15 is 0 Å². The van der Waals surface area contributed by atoms with E-state index in [2.05, 4.69) is 5.32 Å². The molecule has 4 nitrogen and oxygen atoms in total. The Morgan fingerprint density at radius 1 is 1.47 bits per heavy atom. The summed E-state index contributed by atoms with van der Waals surface area (Å²) in [6.45, 7) is -0.311. The number of carbonyl (C=O) groups excluding carboxylic acids is 1. The highest BCUT2D eigenvalue weighted by Gasteiger charge is 2.17. The number of aliphatic hydroxyl groups excluding tert-OH is 1. The van der Waals surface area contributed by atoms with Crippen LogP contribution < -0.4 is 5.32 Å². The van der Waals surface area contributed by atoms with Crippen LogP contribution in [0.5, 0.6) is 0 Å². The van der Waals surface area contributed by atoms with Crippen molar-refractivity contribution in [3.05, 3.63) is 58.8 Å². The Kier molecular flexibility index (Phi) is 4.19. The van der Waals surface area contributed by atoms with Crippen molar-refractivity contribution in [1.82, 2.24) is 5.32 Å². The average molecular weight is 284 g/mol. The van der Waals surface area contributed by atoms with Crippen LogP contribution in [0.25, 0.3) is 0 Å². The molecule has 0 bridgehead atoms. The second-order valence-corrected chi connectivity index (χ2v) is 4.26. The molecule has 2 N–H and O–H groups in total. The van der Waals surface area contributed by atoms with E-state index in [4.69, 9.17) is 16.0 Å². The van der Waals surface area contributed by atoms with E-state index in [1.807, 2.05) is 0 Å². The summed E-state index contributed by atoms with van der Waals surface area (Å²) in [6, 6.07) is 6.28. The first kappa shape index (κ1) is 13.6. The predicted molar refractivity (Wildman–Crippen MR) is 67.4 cm³/mol. The number of aliphatic hydroxyl groups is 1. The lowest BCUT2D eigenvalue weighted by Crippen LogP contribution is -2.30. The molecule has 1 unspecified atom stereocenters. The number of hydrogen-bond acceptors (Lipinski definition) is 3. The van der Waals surface area contributed by atoms with Crippen LogP contribution in [-0.2, 0) is 0 Å². The van der Waals surface area contributed by atoms with Crippen LogP contribution in [0.1, 0.15) is 22.2 Å². The largest absolute Gasteiger partial charge is 0.467 e. The molecular weight excluding hydrogens is 273 g/mol. The first-order chi connectivity index (χ1) is 9.11. The van der Waals surface area contributed by atoms with Gasteiger partial charge in [-0.1, -0.05) is 11.6 Å². The van der Waals surface area contributed by atoms with E-state index in [1.54, 1.807) is 12.1 Å². The summed E-state index contributed by atoms with van der Waals surface area (Å²) in [7, 11) is 0. The molecule has 1 amide bonds. The number of halogens is 2. The topological polar surface area (TPSA) is 62.5 Å². The molecular formula is C13H11ClFNO3. The standard InChI is InChI=1S/C13H11ClFNO3/c14-9-6-8(3-4-10(9)15)13(18)16-11(7-17)12-2-1-5-19-12/h1-6,11,17H,7H2,(H,16,18). The lowest BCUT2D eigenvalue weighted by atomic mass is 10.1. The molecule has 0 aliphatic carbocycles. The maximum Gasteiger partial charge on any atom is 0.252 e. The highest BCUT2D eigenvalue weighted by molar-refractivity contribution is 6.31. The summed E-state index contributed by atoms with van der Waals surface area (Å²) < 4.78 is 18.1. The minimum Gasteiger partial charge on any atom is -0.467 e. The summed E-state index contributed by atoms with van der Waals surface area (Å²) in [5.74, 6) is -0.635. The number of amides is 1. The van der Waals surface area contributed by atoms with Gasteiger partial charge in [0.05, 0.1) is 17.9 Å². The van der Waals surface area contributed by atoms with Gasteiger partial charge in [-0.3, -0.25) is 4.79 Å². The second kappa shape index (κ2) is 5.86. The molecule has 0 aliphatic heterocycles. The highest BCUT2D eigenvalue weighted by atomic mass is 35.5. The molecule has 6 heteroatoms. The summed E-state index contributed by atoms with van der Waals surface area (Å²) >= 11 is 5.60. The van der Waals surface area contributed by atoms with Crippen molar-refractivity contribution >= 4 is 17.5 Å². The van der Waals surface area contributed by atoms with Crippen molar-refractivity contribution in [1.29, 1.82) is 0 Å². The van der Waals surface area contributed by atoms with Gasteiger partial charge in [0.2, 0.25) is 0 Å². The molecule has 0 saturated heterocycles.